The van der Waals surface area contributed by atoms with Crippen molar-refractivity contribution in [2.45, 2.75) is 11.3 Å². The van der Waals surface area contributed by atoms with Gasteiger partial charge in [0.05, 0.1) is 22.0 Å². The molecule has 2 N–H and O–H groups in total. The lowest BCUT2D eigenvalue weighted by molar-refractivity contribution is 0.128. The smallest absolute Gasteiger partial charge is 0.248 e. The molecule has 0 aliphatic carbocycles. The number of pyridine rings is 1. The summed E-state index contributed by atoms with van der Waals surface area (Å²) in [7, 11) is -3.75. The largest absolute Gasteiger partial charge is 0.494 e. The predicted molar refractivity (Wildman–Crippen MR) is 149 cm³/mol. The molecule has 4 rings (SSSR count). The molecule has 1 aromatic heterocycles. The molecule has 3 aromatic rings. The zero-order valence-corrected chi connectivity index (χ0v) is 22.9. The SMILES string of the molecule is Cl.Cl.O=c1ccc2c(S(=O)(=O)NCCN3CCN(CCCOc4ccccc4)CC3)ccc(Cl)c2[nH]1. The number of H-pyrrole nitrogens is 1. The Labute approximate surface area is 228 Å². The van der Waals surface area contributed by atoms with Gasteiger partial charge in [0.25, 0.3) is 0 Å². The highest BCUT2D eigenvalue weighted by molar-refractivity contribution is 7.89. The van der Waals surface area contributed by atoms with Crippen LogP contribution in [0.1, 0.15) is 6.42 Å². The van der Waals surface area contributed by atoms with E-state index in [4.69, 9.17) is 16.3 Å². The van der Waals surface area contributed by atoms with E-state index in [0.717, 1.165) is 44.9 Å². The van der Waals surface area contributed by atoms with Crippen LogP contribution in [0, 0.1) is 0 Å². The molecular formula is C24H31Cl3N4O4S. The number of aromatic nitrogens is 1. The molecule has 0 spiro atoms. The Hall–Kier alpha value is -1.85. The molecule has 198 valence electrons. The Bertz CT molecular complexity index is 1270. The van der Waals surface area contributed by atoms with Crippen molar-refractivity contribution in [3.05, 3.63) is 70.0 Å². The van der Waals surface area contributed by atoms with Crippen LogP contribution in [0.2, 0.25) is 5.02 Å². The van der Waals surface area contributed by atoms with Crippen LogP contribution in [-0.2, 0) is 10.0 Å². The Morgan fingerprint density at radius 1 is 0.917 bits per heavy atom. The van der Waals surface area contributed by atoms with Crippen molar-refractivity contribution in [1.82, 2.24) is 19.5 Å². The minimum atomic E-state index is -3.75. The van der Waals surface area contributed by atoms with Crippen molar-refractivity contribution in [2.24, 2.45) is 0 Å². The first-order chi connectivity index (χ1) is 16.4. The number of fused-ring (bicyclic) bond motifs is 1. The highest BCUT2D eigenvalue weighted by atomic mass is 35.5. The van der Waals surface area contributed by atoms with Gasteiger partial charge >= 0.3 is 0 Å². The number of aromatic amines is 1. The van der Waals surface area contributed by atoms with Gasteiger partial charge in [-0.1, -0.05) is 29.8 Å². The van der Waals surface area contributed by atoms with Gasteiger partial charge in [0.2, 0.25) is 15.6 Å². The maximum atomic E-state index is 12.9. The van der Waals surface area contributed by atoms with Gasteiger partial charge in [-0.05, 0) is 36.8 Å². The number of sulfonamides is 1. The Balaban J connectivity index is 0.00000228. The van der Waals surface area contributed by atoms with Crippen LogP contribution >= 0.6 is 36.4 Å². The average molecular weight is 578 g/mol. The van der Waals surface area contributed by atoms with E-state index in [2.05, 4.69) is 19.5 Å². The lowest BCUT2D eigenvalue weighted by atomic mass is 10.2. The molecule has 0 radical (unpaired) electrons. The van der Waals surface area contributed by atoms with Gasteiger partial charge in [-0.2, -0.15) is 0 Å². The highest BCUT2D eigenvalue weighted by Gasteiger charge is 2.20. The number of ether oxygens (including phenoxy) is 1. The molecule has 1 fully saturated rings. The standard InChI is InChI=1S/C24H29ClN4O4S.2ClH/c25-21-8-9-22(20-7-10-23(30)27-24(20)21)34(31,32)26-11-13-29-16-14-28(15-17-29)12-4-18-33-19-5-2-1-3-6-19;;/h1-3,5-10,26H,4,11-18H2,(H,27,30);2*1H. The maximum Gasteiger partial charge on any atom is 0.248 e. The van der Waals surface area contributed by atoms with Crippen LogP contribution in [0.15, 0.2) is 64.3 Å². The van der Waals surface area contributed by atoms with Crippen molar-refractivity contribution >= 4 is 57.3 Å². The molecular weight excluding hydrogens is 547 g/mol. The van der Waals surface area contributed by atoms with E-state index >= 15 is 0 Å². The molecule has 0 bridgehead atoms. The van der Waals surface area contributed by atoms with Crippen molar-refractivity contribution in [2.75, 3.05) is 52.4 Å². The summed E-state index contributed by atoms with van der Waals surface area (Å²) in [6.07, 6.45) is 0.967. The summed E-state index contributed by atoms with van der Waals surface area (Å²) in [6, 6.07) is 15.6. The molecule has 0 amide bonds. The number of nitrogens with one attached hydrogen (secondary N) is 2. The second-order valence-electron chi connectivity index (χ2n) is 8.25. The lowest BCUT2D eigenvalue weighted by Crippen LogP contribution is -2.48. The van der Waals surface area contributed by atoms with Gasteiger partial charge in [0, 0.05) is 57.3 Å². The van der Waals surface area contributed by atoms with Crippen molar-refractivity contribution < 1.29 is 13.2 Å². The van der Waals surface area contributed by atoms with E-state index in [1.54, 1.807) is 0 Å². The van der Waals surface area contributed by atoms with Crippen LogP contribution in [0.25, 0.3) is 10.9 Å². The summed E-state index contributed by atoms with van der Waals surface area (Å²) in [5.41, 5.74) is -0.0119. The quantitative estimate of drug-likeness (QED) is 0.359. The third-order valence-corrected chi connectivity index (χ3v) is 7.74. The van der Waals surface area contributed by atoms with Crippen LogP contribution in [0.5, 0.6) is 5.75 Å². The molecule has 1 saturated heterocycles. The summed E-state index contributed by atoms with van der Waals surface area (Å²) in [6.45, 7) is 6.31. The molecule has 0 saturated carbocycles. The van der Waals surface area contributed by atoms with Crippen LogP contribution in [-0.4, -0.2) is 75.6 Å². The molecule has 2 aromatic carbocycles. The van der Waals surface area contributed by atoms with Gasteiger partial charge in [0.1, 0.15) is 5.75 Å². The first-order valence-corrected chi connectivity index (χ1v) is 13.2. The van der Waals surface area contributed by atoms with E-state index in [-0.39, 0.29) is 35.3 Å². The van der Waals surface area contributed by atoms with E-state index < -0.39 is 10.0 Å². The summed E-state index contributed by atoms with van der Waals surface area (Å²) in [5.74, 6) is 0.898. The van der Waals surface area contributed by atoms with Crippen molar-refractivity contribution in [1.29, 1.82) is 0 Å². The number of hydrogen-bond donors (Lipinski definition) is 2. The number of rotatable bonds is 10. The van der Waals surface area contributed by atoms with E-state index in [1.807, 2.05) is 30.3 Å². The number of benzene rings is 2. The fourth-order valence-electron chi connectivity index (χ4n) is 4.07. The van der Waals surface area contributed by atoms with Crippen molar-refractivity contribution in [3.63, 3.8) is 0 Å². The average Bonchev–Trinajstić information content (AvgIpc) is 2.84. The van der Waals surface area contributed by atoms with Gasteiger partial charge < -0.3 is 14.6 Å². The zero-order valence-electron chi connectivity index (χ0n) is 19.7. The first kappa shape index (κ1) is 30.4. The predicted octanol–water partition coefficient (Wildman–Crippen LogP) is 3.39. The third kappa shape index (κ3) is 8.08. The number of para-hydroxylation sites is 1. The van der Waals surface area contributed by atoms with Crippen molar-refractivity contribution in [3.8, 4) is 5.75 Å². The number of nitrogens with zero attached hydrogens (tertiary/aromatic N) is 2. The second-order valence-corrected chi connectivity index (χ2v) is 10.4. The molecule has 2 heterocycles. The number of piperazine rings is 1. The highest BCUT2D eigenvalue weighted by Crippen LogP contribution is 2.26. The van der Waals surface area contributed by atoms with Crippen LogP contribution in [0.4, 0.5) is 0 Å². The fraction of sp³-hybridized carbons (Fsp3) is 0.375. The zero-order chi connectivity index (χ0) is 24.0. The Kier molecular flexibility index (Phi) is 12.0. The molecule has 8 nitrogen and oxygen atoms in total. The normalized spacial score (nSPS) is 14.7. The Morgan fingerprint density at radius 3 is 2.28 bits per heavy atom. The summed E-state index contributed by atoms with van der Waals surface area (Å²) >= 11 is 6.13. The van der Waals surface area contributed by atoms with Gasteiger partial charge in [-0.3, -0.25) is 9.69 Å². The molecule has 0 unspecified atom stereocenters. The third-order valence-electron chi connectivity index (χ3n) is 5.91. The summed E-state index contributed by atoms with van der Waals surface area (Å²) in [5, 5.41) is 0.695. The van der Waals surface area contributed by atoms with Crippen LogP contribution < -0.4 is 15.0 Å². The van der Waals surface area contributed by atoms with E-state index in [9.17, 15) is 13.2 Å². The van der Waals surface area contributed by atoms with E-state index in [0.29, 0.717) is 35.6 Å². The topological polar surface area (TPSA) is 94.7 Å². The minimum absolute atomic E-state index is 0. The van der Waals surface area contributed by atoms with Gasteiger partial charge in [-0.15, -0.1) is 24.8 Å². The fourth-order valence-corrected chi connectivity index (χ4v) is 5.51. The minimum Gasteiger partial charge on any atom is -0.494 e. The number of halogens is 3. The van der Waals surface area contributed by atoms with Gasteiger partial charge in [0.15, 0.2) is 0 Å². The summed E-state index contributed by atoms with van der Waals surface area (Å²) < 4.78 is 34.2. The first-order valence-electron chi connectivity index (χ1n) is 11.4. The second kappa shape index (κ2) is 14.2. The maximum absolute atomic E-state index is 12.9. The monoisotopic (exact) mass is 576 g/mol. The molecule has 12 heteroatoms. The summed E-state index contributed by atoms with van der Waals surface area (Å²) in [4.78, 5) is 19.0. The van der Waals surface area contributed by atoms with Crippen LogP contribution in [0.3, 0.4) is 0 Å². The molecule has 1 aliphatic rings. The lowest BCUT2D eigenvalue weighted by Gasteiger charge is -2.34. The Morgan fingerprint density at radius 2 is 1.58 bits per heavy atom. The molecule has 36 heavy (non-hydrogen) atoms. The number of hydrogen-bond acceptors (Lipinski definition) is 6. The molecule has 0 atom stereocenters. The molecule has 1 aliphatic heterocycles. The van der Waals surface area contributed by atoms with E-state index in [1.165, 1.54) is 24.3 Å². The van der Waals surface area contributed by atoms with Gasteiger partial charge in [-0.25, -0.2) is 13.1 Å².